The minimum Gasteiger partial charge on any atom is -0.335 e. The van der Waals surface area contributed by atoms with Crippen LogP contribution in [0.2, 0.25) is 0 Å². The SMILES string of the molecule is C[C@@]12CCC(=O)N1[C@H](C(=O)N(C1CCCC1)C1CC1)CS2. The smallest absolute Gasteiger partial charge is 0.246 e. The van der Waals surface area contributed by atoms with Crippen LogP contribution >= 0.6 is 11.8 Å². The number of carbonyl (C=O) groups excluding carboxylic acids is 2. The highest BCUT2D eigenvalue weighted by molar-refractivity contribution is 8.01. The summed E-state index contributed by atoms with van der Waals surface area (Å²) in [5.74, 6) is 1.22. The molecule has 116 valence electrons. The summed E-state index contributed by atoms with van der Waals surface area (Å²) < 4.78 is 0. The van der Waals surface area contributed by atoms with Crippen LogP contribution in [-0.4, -0.2) is 50.4 Å². The Labute approximate surface area is 130 Å². The van der Waals surface area contributed by atoms with E-state index in [0.29, 0.717) is 18.5 Å². The van der Waals surface area contributed by atoms with Crippen molar-refractivity contribution in [1.29, 1.82) is 0 Å². The summed E-state index contributed by atoms with van der Waals surface area (Å²) in [7, 11) is 0. The van der Waals surface area contributed by atoms with E-state index in [2.05, 4.69) is 11.8 Å². The molecule has 4 rings (SSSR count). The Morgan fingerprint density at radius 2 is 1.90 bits per heavy atom. The monoisotopic (exact) mass is 308 g/mol. The minimum atomic E-state index is -0.198. The highest BCUT2D eigenvalue weighted by Gasteiger charge is 2.55. The lowest BCUT2D eigenvalue weighted by Gasteiger charge is -2.36. The Morgan fingerprint density at radius 1 is 1.24 bits per heavy atom. The van der Waals surface area contributed by atoms with Gasteiger partial charge in [0.2, 0.25) is 11.8 Å². The average molecular weight is 308 g/mol. The molecule has 2 amide bonds. The summed E-state index contributed by atoms with van der Waals surface area (Å²) in [6.45, 7) is 2.13. The molecule has 2 aliphatic heterocycles. The molecule has 0 aromatic heterocycles. The zero-order valence-electron chi connectivity index (χ0n) is 12.7. The van der Waals surface area contributed by atoms with Gasteiger partial charge in [-0.05, 0) is 39.0 Å². The van der Waals surface area contributed by atoms with Gasteiger partial charge in [-0.1, -0.05) is 12.8 Å². The summed E-state index contributed by atoms with van der Waals surface area (Å²) in [6.07, 6.45) is 8.65. The lowest BCUT2D eigenvalue weighted by Crippen LogP contribution is -2.54. The van der Waals surface area contributed by atoms with Crippen molar-refractivity contribution in [1.82, 2.24) is 9.80 Å². The number of hydrogen-bond acceptors (Lipinski definition) is 3. The summed E-state index contributed by atoms with van der Waals surface area (Å²) >= 11 is 1.81. The molecule has 4 aliphatic rings. The molecule has 0 N–H and O–H groups in total. The molecule has 5 heteroatoms. The van der Waals surface area contributed by atoms with Gasteiger partial charge in [-0.15, -0.1) is 11.8 Å². The topological polar surface area (TPSA) is 40.6 Å². The molecule has 2 saturated carbocycles. The van der Waals surface area contributed by atoms with Crippen molar-refractivity contribution in [3.8, 4) is 0 Å². The highest BCUT2D eigenvalue weighted by atomic mass is 32.2. The Balaban J connectivity index is 1.57. The number of fused-ring (bicyclic) bond motifs is 1. The lowest BCUT2D eigenvalue weighted by atomic mass is 10.1. The molecule has 2 heterocycles. The van der Waals surface area contributed by atoms with Crippen molar-refractivity contribution < 1.29 is 9.59 Å². The van der Waals surface area contributed by atoms with E-state index >= 15 is 0 Å². The van der Waals surface area contributed by atoms with Crippen molar-refractivity contribution in [2.45, 2.75) is 81.3 Å². The standard InChI is InChI=1S/C16H24N2O2S/c1-16-9-8-14(19)18(16)13(10-21-16)15(20)17(12-6-7-12)11-4-2-3-5-11/h11-13H,2-10H2,1H3/t13-,16+/m0/s1. The zero-order valence-corrected chi connectivity index (χ0v) is 13.5. The van der Waals surface area contributed by atoms with Crippen LogP contribution in [0.15, 0.2) is 0 Å². The first-order chi connectivity index (χ1) is 10.1. The van der Waals surface area contributed by atoms with Crippen LogP contribution in [0.25, 0.3) is 0 Å². The highest BCUT2D eigenvalue weighted by Crippen LogP contribution is 2.48. The number of hydrogen-bond donors (Lipinski definition) is 0. The lowest BCUT2D eigenvalue weighted by molar-refractivity contribution is -0.145. The molecule has 2 saturated heterocycles. The first kappa shape index (κ1) is 13.9. The largest absolute Gasteiger partial charge is 0.335 e. The van der Waals surface area contributed by atoms with Gasteiger partial charge in [0.1, 0.15) is 6.04 Å². The van der Waals surface area contributed by atoms with Crippen molar-refractivity contribution in [2.75, 3.05) is 5.75 Å². The molecule has 4 nitrogen and oxygen atoms in total. The molecule has 2 aliphatic carbocycles. The predicted molar refractivity (Wildman–Crippen MR) is 82.9 cm³/mol. The van der Waals surface area contributed by atoms with E-state index in [4.69, 9.17) is 0 Å². The maximum atomic E-state index is 13.2. The van der Waals surface area contributed by atoms with Gasteiger partial charge < -0.3 is 9.80 Å². The molecule has 0 radical (unpaired) electrons. The van der Waals surface area contributed by atoms with Crippen LogP contribution < -0.4 is 0 Å². The van der Waals surface area contributed by atoms with Gasteiger partial charge in [0.15, 0.2) is 0 Å². The van der Waals surface area contributed by atoms with Crippen molar-refractivity contribution in [3.63, 3.8) is 0 Å². The van der Waals surface area contributed by atoms with Crippen LogP contribution in [-0.2, 0) is 9.59 Å². The van der Waals surface area contributed by atoms with Crippen molar-refractivity contribution in [2.24, 2.45) is 0 Å². The molecule has 0 unspecified atom stereocenters. The third-order valence-electron chi connectivity index (χ3n) is 5.64. The van der Waals surface area contributed by atoms with E-state index in [1.165, 1.54) is 12.8 Å². The van der Waals surface area contributed by atoms with Crippen LogP contribution in [0, 0.1) is 0 Å². The number of thioether (sulfide) groups is 1. The summed E-state index contributed by atoms with van der Waals surface area (Å²) in [4.78, 5) is 29.4. The van der Waals surface area contributed by atoms with Crippen LogP contribution in [0.5, 0.6) is 0 Å². The number of carbonyl (C=O) groups is 2. The zero-order chi connectivity index (χ0) is 14.6. The van der Waals surface area contributed by atoms with E-state index in [1.807, 2.05) is 4.90 Å². The summed E-state index contributed by atoms with van der Waals surface area (Å²) in [5, 5.41) is 0. The molecular formula is C16H24N2O2S. The minimum absolute atomic E-state index is 0.123. The first-order valence-corrected chi connectivity index (χ1v) is 9.37. The molecule has 2 atom stereocenters. The van der Waals surface area contributed by atoms with Gasteiger partial charge in [-0.3, -0.25) is 9.59 Å². The average Bonchev–Trinajstić information content (AvgIpc) is 2.90. The fourth-order valence-electron chi connectivity index (χ4n) is 4.37. The maximum absolute atomic E-state index is 13.2. The van der Waals surface area contributed by atoms with Gasteiger partial charge in [0, 0.05) is 24.3 Å². The van der Waals surface area contributed by atoms with E-state index in [0.717, 1.165) is 37.9 Å². The normalized spacial score (nSPS) is 36.3. The summed E-state index contributed by atoms with van der Waals surface area (Å²) in [5.41, 5.74) is 0. The fraction of sp³-hybridized carbons (Fsp3) is 0.875. The maximum Gasteiger partial charge on any atom is 0.246 e. The van der Waals surface area contributed by atoms with E-state index < -0.39 is 0 Å². The van der Waals surface area contributed by atoms with Crippen LogP contribution in [0.4, 0.5) is 0 Å². The molecule has 21 heavy (non-hydrogen) atoms. The van der Waals surface area contributed by atoms with Gasteiger partial charge in [0.25, 0.3) is 0 Å². The number of rotatable bonds is 3. The van der Waals surface area contributed by atoms with E-state index in [-0.39, 0.29) is 22.7 Å². The Bertz CT molecular complexity index is 473. The Hall–Kier alpha value is -0.710. The van der Waals surface area contributed by atoms with Crippen molar-refractivity contribution >= 4 is 23.6 Å². The van der Waals surface area contributed by atoms with Gasteiger partial charge in [-0.2, -0.15) is 0 Å². The van der Waals surface area contributed by atoms with Crippen LogP contribution in [0.1, 0.15) is 58.3 Å². The van der Waals surface area contributed by atoms with Crippen molar-refractivity contribution in [3.05, 3.63) is 0 Å². The van der Waals surface area contributed by atoms with Gasteiger partial charge in [0.05, 0.1) is 4.87 Å². The van der Waals surface area contributed by atoms with E-state index in [1.54, 1.807) is 11.8 Å². The van der Waals surface area contributed by atoms with E-state index in [9.17, 15) is 9.59 Å². The van der Waals surface area contributed by atoms with Crippen LogP contribution in [0.3, 0.4) is 0 Å². The molecule has 0 aromatic carbocycles. The quantitative estimate of drug-likeness (QED) is 0.804. The second-order valence-corrected chi connectivity index (χ2v) is 8.68. The third kappa shape index (κ3) is 2.19. The Morgan fingerprint density at radius 3 is 2.57 bits per heavy atom. The molecule has 4 fully saturated rings. The molecule has 0 spiro atoms. The first-order valence-electron chi connectivity index (χ1n) is 8.38. The molecule has 0 bridgehead atoms. The van der Waals surface area contributed by atoms with Gasteiger partial charge >= 0.3 is 0 Å². The predicted octanol–water partition coefficient (Wildman–Crippen LogP) is 2.37. The number of amides is 2. The third-order valence-corrected chi connectivity index (χ3v) is 7.15. The molecular weight excluding hydrogens is 284 g/mol. The Kier molecular flexibility index (Phi) is 3.25. The van der Waals surface area contributed by atoms with Gasteiger partial charge in [-0.25, -0.2) is 0 Å². The molecule has 0 aromatic rings. The fourth-order valence-corrected chi connectivity index (χ4v) is 5.79. The number of nitrogens with zero attached hydrogens (tertiary/aromatic N) is 2. The second-order valence-electron chi connectivity index (χ2n) is 7.18. The summed E-state index contributed by atoms with van der Waals surface area (Å²) in [6, 6.07) is 0.714. The second kappa shape index (κ2) is 4.90.